The van der Waals surface area contributed by atoms with E-state index in [2.05, 4.69) is 37.2 Å². The lowest BCUT2D eigenvalue weighted by molar-refractivity contribution is -0.142. The molecule has 0 rings (SSSR count). The molecule has 0 aromatic heterocycles. The molecule has 20 heteroatoms. The van der Waals surface area contributed by atoms with E-state index in [4.69, 9.17) is 16.6 Å². The molecular weight excluding hydrogens is 775 g/mol. The standard InChI is InChI=1S/C38H69N9O10S/c1-12-21(8)30(47-32(50)24(39)15-18(2)3)37(55)43-25(13-14-58-11)33(51)45-26(16-19(4)5)34(52)41-22(9)31(49)44-27(17-28(40)48)35(53)46-29(20(6)7)36(54)42-23(10)38(56)57/h18-27,29-30H,12-17,39H2,1-11H3,(H2,40,48)(H,41,52)(H,42,54)(H,43,55)(H,44,49)(H,45,51)(H,46,53)(H,47,50)(H,56,57)/t21-,22-,23-,24-,25-,26-,27-,29-,30-/m0/s1. The molecule has 332 valence electrons. The molecule has 0 aromatic carbocycles. The van der Waals surface area contributed by atoms with Gasteiger partial charge < -0.3 is 53.8 Å². The van der Waals surface area contributed by atoms with Gasteiger partial charge in [0.1, 0.15) is 42.3 Å². The molecular formula is C38H69N9O10S. The van der Waals surface area contributed by atoms with Gasteiger partial charge in [-0.1, -0.05) is 61.8 Å². The molecule has 0 aliphatic rings. The minimum absolute atomic E-state index is 0.118. The van der Waals surface area contributed by atoms with Gasteiger partial charge in [-0.25, -0.2) is 0 Å². The summed E-state index contributed by atoms with van der Waals surface area (Å²) >= 11 is 1.44. The fourth-order valence-electron chi connectivity index (χ4n) is 5.56. The van der Waals surface area contributed by atoms with E-state index in [1.54, 1.807) is 20.8 Å². The number of carboxylic acid groups (broad SMARTS) is 1. The number of aliphatic carboxylic acids is 1. The molecule has 0 unspecified atom stereocenters. The van der Waals surface area contributed by atoms with Crippen molar-refractivity contribution >= 4 is 65.0 Å². The predicted octanol–water partition coefficient (Wildman–Crippen LogP) is -0.746. The van der Waals surface area contributed by atoms with Crippen LogP contribution < -0.4 is 48.7 Å². The first-order valence-corrected chi connectivity index (χ1v) is 21.1. The fraction of sp³-hybridized carbons (Fsp3) is 0.763. The number of nitrogens with two attached hydrogens (primary N) is 2. The largest absolute Gasteiger partial charge is 0.480 e. The molecule has 8 amide bonds. The quantitative estimate of drug-likeness (QED) is 0.0489. The van der Waals surface area contributed by atoms with Gasteiger partial charge in [0.15, 0.2) is 0 Å². The molecule has 0 aliphatic carbocycles. The average Bonchev–Trinajstić information content (AvgIpc) is 3.11. The number of primary amides is 1. The molecule has 0 saturated carbocycles. The summed E-state index contributed by atoms with van der Waals surface area (Å²) in [5, 5.41) is 26.9. The van der Waals surface area contributed by atoms with Gasteiger partial charge in [0.05, 0.1) is 12.5 Å². The Hall–Kier alpha value is -4.46. The van der Waals surface area contributed by atoms with E-state index in [0.29, 0.717) is 18.6 Å². The Kier molecular flexibility index (Phi) is 24.5. The summed E-state index contributed by atoms with van der Waals surface area (Å²) in [7, 11) is 0. The normalized spacial score (nSPS) is 16.0. The van der Waals surface area contributed by atoms with E-state index in [1.165, 1.54) is 25.6 Å². The van der Waals surface area contributed by atoms with Crippen molar-refractivity contribution in [2.45, 2.75) is 150 Å². The third-order valence-electron chi connectivity index (χ3n) is 9.21. The zero-order chi connectivity index (χ0) is 45.0. The SMILES string of the molecule is CC[C@H](C)[C@H](NC(=O)[C@@H](N)CC(C)C)C(=O)N[C@@H](CCSC)C(=O)N[C@@H](CC(C)C)C(=O)N[C@@H](C)C(=O)N[C@@H](CC(N)=O)C(=O)N[C@H](C(=O)N[C@@H](C)C(=O)O)C(C)C. The Balaban J connectivity index is 6.10. The van der Waals surface area contributed by atoms with Crippen molar-refractivity contribution in [3.8, 4) is 0 Å². The monoisotopic (exact) mass is 843 g/mol. The Morgan fingerprint density at radius 1 is 0.569 bits per heavy atom. The summed E-state index contributed by atoms with van der Waals surface area (Å²) in [6, 6.07) is -9.45. The van der Waals surface area contributed by atoms with Crippen LogP contribution in [0.1, 0.15) is 101 Å². The van der Waals surface area contributed by atoms with Crippen molar-refractivity contribution in [2.75, 3.05) is 12.0 Å². The van der Waals surface area contributed by atoms with Crippen LogP contribution in [-0.4, -0.2) is 119 Å². The second kappa shape index (κ2) is 26.5. The lowest BCUT2D eigenvalue weighted by Gasteiger charge is -2.29. The van der Waals surface area contributed by atoms with Gasteiger partial charge in [-0.3, -0.25) is 43.2 Å². The lowest BCUT2D eigenvalue weighted by Crippen LogP contribution is -2.60. The molecule has 19 nitrogen and oxygen atoms in total. The maximum absolute atomic E-state index is 13.8. The van der Waals surface area contributed by atoms with Crippen molar-refractivity contribution in [3.05, 3.63) is 0 Å². The highest BCUT2D eigenvalue weighted by Gasteiger charge is 2.35. The van der Waals surface area contributed by atoms with Crippen LogP contribution in [0.25, 0.3) is 0 Å². The second-order valence-corrected chi connectivity index (χ2v) is 16.9. The highest BCUT2D eigenvalue weighted by atomic mass is 32.2. The van der Waals surface area contributed by atoms with E-state index in [0.717, 1.165) is 0 Å². The summed E-state index contributed by atoms with van der Waals surface area (Å²) < 4.78 is 0. The Labute approximate surface area is 346 Å². The highest BCUT2D eigenvalue weighted by molar-refractivity contribution is 7.98. The zero-order valence-electron chi connectivity index (χ0n) is 35.9. The third-order valence-corrected chi connectivity index (χ3v) is 9.85. The molecule has 12 N–H and O–H groups in total. The predicted molar refractivity (Wildman–Crippen MR) is 220 cm³/mol. The Morgan fingerprint density at radius 3 is 1.52 bits per heavy atom. The number of rotatable bonds is 27. The van der Waals surface area contributed by atoms with E-state index in [-0.39, 0.29) is 30.6 Å². The van der Waals surface area contributed by atoms with Crippen molar-refractivity contribution < 1.29 is 48.3 Å². The molecule has 0 radical (unpaired) electrons. The van der Waals surface area contributed by atoms with E-state index >= 15 is 0 Å². The van der Waals surface area contributed by atoms with Gasteiger partial charge >= 0.3 is 5.97 Å². The van der Waals surface area contributed by atoms with E-state index < -0.39 is 114 Å². The van der Waals surface area contributed by atoms with Gasteiger partial charge in [-0.2, -0.15) is 11.8 Å². The topological polar surface area (TPSA) is 310 Å². The van der Waals surface area contributed by atoms with Crippen LogP contribution in [0.3, 0.4) is 0 Å². The number of amides is 8. The maximum atomic E-state index is 13.8. The lowest BCUT2D eigenvalue weighted by atomic mass is 9.96. The van der Waals surface area contributed by atoms with Gasteiger partial charge in [0, 0.05) is 0 Å². The van der Waals surface area contributed by atoms with Crippen molar-refractivity contribution in [1.82, 2.24) is 37.2 Å². The van der Waals surface area contributed by atoms with Crippen LogP contribution in [0.4, 0.5) is 0 Å². The van der Waals surface area contributed by atoms with Crippen molar-refractivity contribution in [2.24, 2.45) is 35.1 Å². The number of thioether (sulfide) groups is 1. The first kappa shape index (κ1) is 53.5. The summed E-state index contributed by atoms with van der Waals surface area (Å²) in [5.74, 6) is -7.73. The minimum atomic E-state index is -1.57. The van der Waals surface area contributed by atoms with Crippen LogP contribution in [0.2, 0.25) is 0 Å². The Morgan fingerprint density at radius 2 is 1.03 bits per heavy atom. The average molecular weight is 844 g/mol. The van der Waals surface area contributed by atoms with Gasteiger partial charge in [-0.15, -0.1) is 0 Å². The van der Waals surface area contributed by atoms with Gasteiger partial charge in [0.2, 0.25) is 47.3 Å². The molecule has 0 fully saturated rings. The van der Waals surface area contributed by atoms with Crippen LogP contribution in [-0.2, 0) is 43.2 Å². The number of nitrogens with one attached hydrogen (secondary N) is 7. The molecule has 0 aliphatic heterocycles. The van der Waals surface area contributed by atoms with Gasteiger partial charge in [0.25, 0.3) is 0 Å². The molecule has 0 bridgehead atoms. The third kappa shape index (κ3) is 19.8. The van der Waals surface area contributed by atoms with Gasteiger partial charge in [-0.05, 0) is 68.8 Å². The van der Waals surface area contributed by atoms with E-state index in [1.807, 2.05) is 40.9 Å². The summed E-state index contributed by atoms with van der Waals surface area (Å²) in [4.78, 5) is 116. The Bertz CT molecular complexity index is 1430. The molecule has 0 heterocycles. The molecule has 0 aromatic rings. The first-order valence-electron chi connectivity index (χ1n) is 19.7. The summed E-state index contributed by atoms with van der Waals surface area (Å²) in [6.45, 7) is 16.9. The molecule has 0 spiro atoms. The van der Waals surface area contributed by atoms with Crippen LogP contribution in [0, 0.1) is 23.7 Å². The van der Waals surface area contributed by atoms with Crippen LogP contribution >= 0.6 is 11.8 Å². The minimum Gasteiger partial charge on any atom is -0.480 e. The maximum Gasteiger partial charge on any atom is 0.325 e. The zero-order valence-corrected chi connectivity index (χ0v) is 36.7. The number of carbonyl (C=O) groups excluding carboxylic acids is 8. The summed E-state index contributed by atoms with van der Waals surface area (Å²) in [6.07, 6.45) is 2.45. The number of hydrogen-bond acceptors (Lipinski definition) is 11. The second-order valence-electron chi connectivity index (χ2n) is 15.9. The fourth-order valence-corrected chi connectivity index (χ4v) is 6.03. The van der Waals surface area contributed by atoms with Crippen molar-refractivity contribution in [1.29, 1.82) is 0 Å². The van der Waals surface area contributed by atoms with Crippen LogP contribution in [0.15, 0.2) is 0 Å². The first-order chi connectivity index (χ1) is 26.9. The summed E-state index contributed by atoms with van der Waals surface area (Å²) in [5.41, 5.74) is 11.4. The van der Waals surface area contributed by atoms with Crippen LogP contribution in [0.5, 0.6) is 0 Å². The molecule has 58 heavy (non-hydrogen) atoms. The number of hydrogen-bond donors (Lipinski definition) is 10. The highest BCUT2D eigenvalue weighted by Crippen LogP contribution is 2.13. The number of carboxylic acids is 1. The molecule has 0 saturated heterocycles. The van der Waals surface area contributed by atoms with Crippen molar-refractivity contribution in [3.63, 3.8) is 0 Å². The molecule has 9 atom stereocenters. The number of carbonyl (C=O) groups is 9. The van der Waals surface area contributed by atoms with E-state index in [9.17, 15) is 43.2 Å². The smallest absolute Gasteiger partial charge is 0.325 e.